The molecule has 1 aromatic rings. The molecule has 3 heteroatoms. The van der Waals surface area contributed by atoms with Gasteiger partial charge >= 0.3 is 0 Å². The maximum atomic E-state index is 8.75. The first-order chi connectivity index (χ1) is 7.29. The summed E-state index contributed by atoms with van der Waals surface area (Å²) in [5.41, 5.74) is 0.562. The molecule has 0 radical (unpaired) electrons. The molecule has 1 aliphatic rings. The van der Waals surface area contributed by atoms with Gasteiger partial charge in [0, 0.05) is 10.1 Å². The molecule has 1 nitrogen and oxygen atoms in total. The first-order valence-corrected chi connectivity index (χ1v) is 6.41. The van der Waals surface area contributed by atoms with Crippen molar-refractivity contribution >= 4 is 23.4 Å². The molecule has 0 aromatic heterocycles. The molecule has 1 saturated carbocycles. The second-order valence-electron chi connectivity index (χ2n) is 3.78. The van der Waals surface area contributed by atoms with Gasteiger partial charge < -0.3 is 0 Å². The lowest BCUT2D eigenvalue weighted by Crippen LogP contribution is -1.93. The first-order valence-electron chi connectivity index (χ1n) is 5.16. The fourth-order valence-corrected chi connectivity index (χ4v) is 3.43. The van der Waals surface area contributed by atoms with Crippen LogP contribution in [0.5, 0.6) is 0 Å². The zero-order valence-corrected chi connectivity index (χ0v) is 9.94. The first kappa shape index (κ1) is 10.9. The van der Waals surface area contributed by atoms with Gasteiger partial charge in [-0.25, -0.2) is 0 Å². The lowest BCUT2D eigenvalue weighted by atomic mass is 10.2. The van der Waals surface area contributed by atoms with Gasteiger partial charge in [-0.05, 0) is 31.0 Å². The third-order valence-electron chi connectivity index (χ3n) is 2.67. The van der Waals surface area contributed by atoms with Gasteiger partial charge in [-0.2, -0.15) is 5.26 Å². The van der Waals surface area contributed by atoms with Crippen LogP contribution >= 0.6 is 23.4 Å². The predicted octanol–water partition coefficient (Wildman–Crippen LogP) is 4.25. The summed E-state index contributed by atoms with van der Waals surface area (Å²) in [4.78, 5) is 1.19. The molecule has 2 rings (SSSR count). The maximum absolute atomic E-state index is 8.75. The van der Waals surface area contributed by atoms with Crippen molar-refractivity contribution in [3.63, 3.8) is 0 Å². The second kappa shape index (κ2) is 4.92. The number of hydrogen-bond donors (Lipinski definition) is 0. The molecule has 0 atom stereocenters. The number of hydrogen-bond acceptors (Lipinski definition) is 2. The summed E-state index contributed by atoms with van der Waals surface area (Å²) < 4.78 is 0. The van der Waals surface area contributed by atoms with Crippen molar-refractivity contribution in [3.05, 3.63) is 28.8 Å². The van der Waals surface area contributed by atoms with Gasteiger partial charge in [0.15, 0.2) is 0 Å². The Kier molecular flexibility index (Phi) is 3.56. The number of thioether (sulfide) groups is 1. The normalized spacial score (nSPS) is 16.5. The summed E-state index contributed by atoms with van der Waals surface area (Å²) in [6.07, 6.45) is 5.31. The Morgan fingerprint density at radius 3 is 2.67 bits per heavy atom. The standard InChI is InChI=1S/C12H12ClNS/c13-12-7-11(6-5-9(12)8-14)15-10-3-1-2-4-10/h5-7,10H,1-4H2. The van der Waals surface area contributed by atoms with E-state index in [1.54, 1.807) is 6.07 Å². The Balaban J connectivity index is 2.09. The summed E-state index contributed by atoms with van der Waals surface area (Å²) in [5, 5.41) is 10.1. The fourth-order valence-electron chi connectivity index (χ4n) is 1.86. The topological polar surface area (TPSA) is 23.8 Å². The van der Waals surface area contributed by atoms with Crippen LogP contribution in [0.15, 0.2) is 23.1 Å². The smallest absolute Gasteiger partial charge is 0.101 e. The molecule has 1 aromatic carbocycles. The van der Waals surface area contributed by atoms with Gasteiger partial charge in [0.25, 0.3) is 0 Å². The van der Waals surface area contributed by atoms with Crippen molar-refractivity contribution in [2.24, 2.45) is 0 Å². The van der Waals surface area contributed by atoms with Gasteiger partial charge in [-0.1, -0.05) is 24.4 Å². The van der Waals surface area contributed by atoms with Gasteiger partial charge in [0.2, 0.25) is 0 Å². The van der Waals surface area contributed by atoms with Crippen LogP contribution in [0.2, 0.25) is 5.02 Å². The van der Waals surface area contributed by atoms with Crippen LogP contribution in [0.3, 0.4) is 0 Å². The minimum absolute atomic E-state index is 0.562. The summed E-state index contributed by atoms with van der Waals surface area (Å²) >= 11 is 7.87. The number of halogens is 1. The van der Waals surface area contributed by atoms with Crippen LogP contribution < -0.4 is 0 Å². The summed E-state index contributed by atoms with van der Waals surface area (Å²) in [6.45, 7) is 0. The molecule has 15 heavy (non-hydrogen) atoms. The SMILES string of the molecule is N#Cc1ccc(SC2CCCC2)cc1Cl. The zero-order valence-electron chi connectivity index (χ0n) is 8.37. The van der Waals surface area contributed by atoms with E-state index in [0.29, 0.717) is 10.6 Å². The highest BCUT2D eigenvalue weighted by Gasteiger charge is 2.16. The van der Waals surface area contributed by atoms with Crippen molar-refractivity contribution in [1.29, 1.82) is 5.26 Å². The van der Waals surface area contributed by atoms with Gasteiger partial charge in [0.1, 0.15) is 6.07 Å². The molecule has 0 aliphatic heterocycles. The second-order valence-corrected chi connectivity index (χ2v) is 5.56. The minimum atomic E-state index is 0.562. The van der Waals surface area contributed by atoms with E-state index in [0.717, 1.165) is 5.25 Å². The van der Waals surface area contributed by atoms with Crippen molar-refractivity contribution < 1.29 is 0 Å². The minimum Gasteiger partial charge on any atom is -0.192 e. The Hall–Kier alpha value is -0.650. The molecule has 0 saturated heterocycles. The Morgan fingerprint density at radius 1 is 1.33 bits per heavy atom. The Labute approximate surface area is 99.4 Å². The molecule has 0 unspecified atom stereocenters. The number of rotatable bonds is 2. The molecule has 0 amide bonds. The Morgan fingerprint density at radius 2 is 2.07 bits per heavy atom. The van der Waals surface area contributed by atoms with Crippen LogP contribution in [0.25, 0.3) is 0 Å². The van der Waals surface area contributed by atoms with Crippen molar-refractivity contribution in [3.8, 4) is 6.07 Å². The lowest BCUT2D eigenvalue weighted by Gasteiger charge is -2.08. The van der Waals surface area contributed by atoms with Gasteiger partial charge in [-0.3, -0.25) is 0 Å². The molecule has 78 valence electrons. The third kappa shape index (κ3) is 2.68. The Bertz CT molecular complexity index is 391. The van der Waals surface area contributed by atoms with Crippen LogP contribution in [-0.4, -0.2) is 5.25 Å². The van der Waals surface area contributed by atoms with Crippen LogP contribution in [0, 0.1) is 11.3 Å². The average Bonchev–Trinajstić information content (AvgIpc) is 2.71. The molecular formula is C12H12ClNS. The number of benzene rings is 1. The molecule has 0 N–H and O–H groups in total. The van der Waals surface area contributed by atoms with Crippen molar-refractivity contribution in [2.45, 2.75) is 35.8 Å². The van der Waals surface area contributed by atoms with Crippen LogP contribution in [-0.2, 0) is 0 Å². The lowest BCUT2D eigenvalue weighted by molar-refractivity contribution is 0.886. The molecule has 0 bridgehead atoms. The fraction of sp³-hybridized carbons (Fsp3) is 0.417. The highest BCUT2D eigenvalue weighted by atomic mass is 35.5. The molecule has 0 heterocycles. The summed E-state index contributed by atoms with van der Waals surface area (Å²) in [7, 11) is 0. The summed E-state index contributed by atoms with van der Waals surface area (Å²) in [6, 6.07) is 7.78. The number of nitrogens with zero attached hydrogens (tertiary/aromatic N) is 1. The highest BCUT2D eigenvalue weighted by molar-refractivity contribution is 8.00. The van der Waals surface area contributed by atoms with Crippen LogP contribution in [0.1, 0.15) is 31.2 Å². The highest BCUT2D eigenvalue weighted by Crippen LogP contribution is 2.35. The van der Waals surface area contributed by atoms with E-state index in [9.17, 15) is 0 Å². The predicted molar refractivity (Wildman–Crippen MR) is 64.3 cm³/mol. The largest absolute Gasteiger partial charge is 0.192 e. The molecule has 1 fully saturated rings. The van der Waals surface area contributed by atoms with E-state index >= 15 is 0 Å². The van der Waals surface area contributed by atoms with Gasteiger partial charge in [0.05, 0.1) is 10.6 Å². The monoisotopic (exact) mass is 237 g/mol. The van der Waals surface area contributed by atoms with E-state index in [1.165, 1.54) is 30.6 Å². The molecule has 0 spiro atoms. The van der Waals surface area contributed by atoms with Crippen LogP contribution in [0.4, 0.5) is 0 Å². The van der Waals surface area contributed by atoms with E-state index in [-0.39, 0.29) is 0 Å². The molecular weight excluding hydrogens is 226 g/mol. The third-order valence-corrected chi connectivity index (χ3v) is 4.31. The quantitative estimate of drug-likeness (QED) is 0.768. The van der Waals surface area contributed by atoms with E-state index in [2.05, 4.69) is 6.07 Å². The van der Waals surface area contributed by atoms with E-state index < -0.39 is 0 Å². The van der Waals surface area contributed by atoms with E-state index in [1.807, 2.05) is 23.9 Å². The zero-order chi connectivity index (χ0) is 10.7. The van der Waals surface area contributed by atoms with Crippen molar-refractivity contribution in [2.75, 3.05) is 0 Å². The maximum Gasteiger partial charge on any atom is 0.101 e. The van der Waals surface area contributed by atoms with Crippen molar-refractivity contribution in [1.82, 2.24) is 0 Å². The number of nitriles is 1. The van der Waals surface area contributed by atoms with E-state index in [4.69, 9.17) is 16.9 Å². The molecule has 1 aliphatic carbocycles. The van der Waals surface area contributed by atoms with Gasteiger partial charge in [-0.15, -0.1) is 11.8 Å². The summed E-state index contributed by atoms with van der Waals surface area (Å²) in [5.74, 6) is 0. The average molecular weight is 238 g/mol.